The fourth-order valence-electron chi connectivity index (χ4n) is 2.38. The Morgan fingerprint density at radius 2 is 1.79 bits per heavy atom. The van der Waals surface area contributed by atoms with Gasteiger partial charge >= 0.3 is 12.1 Å². The Labute approximate surface area is 161 Å². The normalized spacial score (nSPS) is 11.0. The molecule has 0 bridgehead atoms. The minimum Gasteiger partial charge on any atom is -0.480 e. The number of carboxylic acids is 1. The Bertz CT molecular complexity index is 877. The number of alkyl carbamates (subject to hydrolysis) is 1. The van der Waals surface area contributed by atoms with Gasteiger partial charge in [0.15, 0.2) is 0 Å². The van der Waals surface area contributed by atoms with Gasteiger partial charge in [-0.05, 0) is 23.3 Å². The lowest BCUT2D eigenvalue weighted by Crippen LogP contribution is -2.46. The van der Waals surface area contributed by atoms with E-state index < -0.39 is 30.6 Å². The van der Waals surface area contributed by atoms with E-state index >= 15 is 0 Å². The molecule has 0 aliphatic heterocycles. The van der Waals surface area contributed by atoms with Crippen molar-refractivity contribution in [1.29, 1.82) is 5.26 Å². The zero-order valence-corrected chi connectivity index (χ0v) is 14.9. The van der Waals surface area contributed by atoms with Crippen LogP contribution in [0.25, 0.3) is 0 Å². The number of rotatable bonds is 8. The SMILES string of the molecule is N#Cc1cccc(C[C@H](NC(=O)CNC(=O)OCc2ccccc2)C(=O)O)c1. The van der Waals surface area contributed by atoms with Crippen LogP contribution in [-0.4, -0.2) is 35.7 Å². The van der Waals surface area contributed by atoms with E-state index in [-0.39, 0.29) is 13.0 Å². The Kier molecular flexibility index (Phi) is 7.54. The van der Waals surface area contributed by atoms with Crippen LogP contribution >= 0.6 is 0 Å². The van der Waals surface area contributed by atoms with E-state index in [1.807, 2.05) is 24.3 Å². The van der Waals surface area contributed by atoms with E-state index in [1.54, 1.807) is 36.4 Å². The summed E-state index contributed by atoms with van der Waals surface area (Å²) in [7, 11) is 0. The number of carbonyl (C=O) groups excluding carboxylic acids is 2. The molecule has 0 spiro atoms. The summed E-state index contributed by atoms with van der Waals surface area (Å²) in [5.74, 6) is -1.89. The number of carbonyl (C=O) groups is 3. The topological polar surface area (TPSA) is 129 Å². The molecule has 1 atom stereocenters. The van der Waals surface area contributed by atoms with Gasteiger partial charge in [0.05, 0.1) is 11.6 Å². The summed E-state index contributed by atoms with van der Waals surface area (Å²) in [4.78, 5) is 35.0. The number of hydrogen-bond donors (Lipinski definition) is 3. The first kappa shape index (κ1) is 20.5. The summed E-state index contributed by atoms with van der Waals surface area (Å²) < 4.78 is 4.98. The maximum absolute atomic E-state index is 12.0. The molecular weight excluding hydrogens is 362 g/mol. The summed E-state index contributed by atoms with van der Waals surface area (Å²) in [5.41, 5.74) is 1.80. The second-order valence-electron chi connectivity index (χ2n) is 5.89. The highest BCUT2D eigenvalue weighted by atomic mass is 16.5. The Morgan fingerprint density at radius 1 is 1.07 bits per heavy atom. The summed E-state index contributed by atoms with van der Waals surface area (Å²) in [5, 5.41) is 22.8. The van der Waals surface area contributed by atoms with Gasteiger partial charge in [0.1, 0.15) is 19.2 Å². The summed E-state index contributed by atoms with van der Waals surface area (Å²) in [6.45, 7) is -0.364. The minimum absolute atomic E-state index is 0.00898. The van der Waals surface area contributed by atoms with E-state index in [4.69, 9.17) is 10.00 Å². The monoisotopic (exact) mass is 381 g/mol. The third kappa shape index (κ3) is 6.80. The first-order chi connectivity index (χ1) is 13.5. The molecule has 0 aliphatic carbocycles. The zero-order chi connectivity index (χ0) is 20.4. The van der Waals surface area contributed by atoms with Crippen LogP contribution in [0.1, 0.15) is 16.7 Å². The summed E-state index contributed by atoms with van der Waals surface area (Å²) in [6.07, 6.45) is -0.776. The third-order valence-corrected chi connectivity index (χ3v) is 3.74. The molecule has 0 saturated carbocycles. The number of benzene rings is 2. The molecule has 8 nitrogen and oxygen atoms in total. The van der Waals surface area contributed by atoms with Crippen molar-refractivity contribution >= 4 is 18.0 Å². The predicted octanol–water partition coefficient (Wildman–Crippen LogP) is 1.60. The quantitative estimate of drug-likeness (QED) is 0.637. The highest BCUT2D eigenvalue weighted by Gasteiger charge is 2.21. The van der Waals surface area contributed by atoms with Crippen molar-refractivity contribution in [2.75, 3.05) is 6.54 Å². The third-order valence-electron chi connectivity index (χ3n) is 3.74. The molecular formula is C20H19N3O5. The molecule has 8 heteroatoms. The van der Waals surface area contributed by atoms with Crippen molar-refractivity contribution in [3.05, 3.63) is 71.3 Å². The number of hydrogen-bond acceptors (Lipinski definition) is 5. The van der Waals surface area contributed by atoms with Gasteiger partial charge in [0.25, 0.3) is 0 Å². The van der Waals surface area contributed by atoms with Crippen molar-refractivity contribution in [3.63, 3.8) is 0 Å². The fourth-order valence-corrected chi connectivity index (χ4v) is 2.38. The number of amides is 2. The molecule has 0 heterocycles. The van der Waals surface area contributed by atoms with Crippen LogP contribution in [0.5, 0.6) is 0 Å². The summed E-state index contributed by atoms with van der Waals surface area (Å²) in [6, 6.07) is 16.3. The van der Waals surface area contributed by atoms with Crippen molar-refractivity contribution in [2.45, 2.75) is 19.1 Å². The van der Waals surface area contributed by atoms with Crippen LogP contribution in [0.15, 0.2) is 54.6 Å². The molecule has 3 N–H and O–H groups in total. The second kappa shape index (κ2) is 10.3. The van der Waals surface area contributed by atoms with Gasteiger partial charge in [-0.2, -0.15) is 5.26 Å². The standard InChI is InChI=1S/C20H19N3O5/c21-11-16-8-4-7-15(9-16)10-17(19(25)26)23-18(24)12-22-20(27)28-13-14-5-2-1-3-6-14/h1-9,17H,10,12-13H2,(H,22,27)(H,23,24)(H,25,26)/t17-/m0/s1. The first-order valence-electron chi connectivity index (χ1n) is 8.43. The molecule has 2 aromatic rings. The predicted molar refractivity (Wildman–Crippen MR) is 99.1 cm³/mol. The molecule has 28 heavy (non-hydrogen) atoms. The highest BCUT2D eigenvalue weighted by Crippen LogP contribution is 2.07. The Balaban J connectivity index is 1.80. The number of carboxylic acid groups (broad SMARTS) is 1. The molecule has 0 unspecified atom stereocenters. The van der Waals surface area contributed by atoms with Crippen LogP contribution in [0.3, 0.4) is 0 Å². The molecule has 144 valence electrons. The average Bonchev–Trinajstić information content (AvgIpc) is 2.71. The van der Waals surface area contributed by atoms with Crippen molar-refractivity contribution in [3.8, 4) is 6.07 Å². The molecule has 0 aliphatic rings. The van der Waals surface area contributed by atoms with Crippen LogP contribution < -0.4 is 10.6 Å². The average molecular weight is 381 g/mol. The van der Waals surface area contributed by atoms with E-state index in [2.05, 4.69) is 10.6 Å². The number of nitrogens with one attached hydrogen (secondary N) is 2. The fraction of sp³-hybridized carbons (Fsp3) is 0.200. The van der Waals surface area contributed by atoms with E-state index in [9.17, 15) is 19.5 Å². The van der Waals surface area contributed by atoms with Gasteiger partial charge in [-0.1, -0.05) is 42.5 Å². The first-order valence-corrected chi connectivity index (χ1v) is 8.43. The molecule has 0 aromatic heterocycles. The van der Waals surface area contributed by atoms with Gasteiger partial charge < -0.3 is 20.5 Å². The van der Waals surface area contributed by atoms with Crippen LogP contribution in [-0.2, 0) is 27.4 Å². The highest BCUT2D eigenvalue weighted by molar-refractivity contribution is 5.86. The van der Waals surface area contributed by atoms with Crippen LogP contribution in [0.2, 0.25) is 0 Å². The molecule has 0 radical (unpaired) electrons. The largest absolute Gasteiger partial charge is 0.480 e. The van der Waals surface area contributed by atoms with Crippen LogP contribution in [0.4, 0.5) is 4.79 Å². The molecule has 2 rings (SSSR count). The number of ether oxygens (including phenoxy) is 1. The smallest absolute Gasteiger partial charge is 0.407 e. The van der Waals surface area contributed by atoms with E-state index in [0.29, 0.717) is 11.1 Å². The van der Waals surface area contributed by atoms with E-state index in [0.717, 1.165) is 5.56 Å². The number of aliphatic carboxylic acids is 1. The molecule has 0 fully saturated rings. The van der Waals surface area contributed by atoms with E-state index in [1.165, 1.54) is 0 Å². The molecule has 2 aromatic carbocycles. The molecule has 0 saturated heterocycles. The number of nitriles is 1. The maximum Gasteiger partial charge on any atom is 0.407 e. The van der Waals surface area contributed by atoms with Crippen molar-refractivity contribution in [2.24, 2.45) is 0 Å². The lowest BCUT2D eigenvalue weighted by Gasteiger charge is -2.15. The summed E-state index contributed by atoms with van der Waals surface area (Å²) >= 11 is 0. The number of nitrogens with zero attached hydrogens (tertiary/aromatic N) is 1. The van der Waals surface area contributed by atoms with Gasteiger partial charge in [-0.3, -0.25) is 4.79 Å². The lowest BCUT2D eigenvalue weighted by molar-refractivity contribution is -0.141. The van der Waals surface area contributed by atoms with Gasteiger partial charge in [-0.15, -0.1) is 0 Å². The van der Waals surface area contributed by atoms with Crippen molar-refractivity contribution < 1.29 is 24.2 Å². The van der Waals surface area contributed by atoms with Gasteiger partial charge in [0, 0.05) is 6.42 Å². The van der Waals surface area contributed by atoms with Gasteiger partial charge in [-0.25, -0.2) is 9.59 Å². The van der Waals surface area contributed by atoms with Crippen LogP contribution in [0, 0.1) is 11.3 Å². The Morgan fingerprint density at radius 3 is 2.46 bits per heavy atom. The maximum atomic E-state index is 12.0. The van der Waals surface area contributed by atoms with Gasteiger partial charge in [0.2, 0.25) is 5.91 Å². The zero-order valence-electron chi connectivity index (χ0n) is 14.9. The van der Waals surface area contributed by atoms with Crippen molar-refractivity contribution in [1.82, 2.24) is 10.6 Å². The lowest BCUT2D eigenvalue weighted by atomic mass is 10.0. The second-order valence-corrected chi connectivity index (χ2v) is 5.89. The Hall–Kier alpha value is -3.86. The minimum atomic E-state index is -1.22. The molecule has 2 amide bonds.